The van der Waals surface area contributed by atoms with Crippen LogP contribution < -0.4 is 0 Å². The van der Waals surface area contributed by atoms with Gasteiger partial charge >= 0.3 is 6.09 Å². The second-order valence-electron chi connectivity index (χ2n) is 12.2. The summed E-state index contributed by atoms with van der Waals surface area (Å²) in [6.07, 6.45) is -0.318. The van der Waals surface area contributed by atoms with Gasteiger partial charge in [0.25, 0.3) is 0 Å². The molecule has 1 fully saturated rings. The van der Waals surface area contributed by atoms with E-state index in [1.807, 2.05) is 27.7 Å². The molecule has 1 aliphatic heterocycles. The molecule has 6 nitrogen and oxygen atoms in total. The van der Waals surface area contributed by atoms with Crippen molar-refractivity contribution in [3.05, 3.63) is 35.5 Å². The van der Waals surface area contributed by atoms with Gasteiger partial charge in [0.05, 0.1) is 5.52 Å². The van der Waals surface area contributed by atoms with Crippen LogP contribution in [0.2, 0.25) is 18.1 Å². The average molecular weight is 488 g/mol. The van der Waals surface area contributed by atoms with E-state index < -0.39 is 13.9 Å². The summed E-state index contributed by atoms with van der Waals surface area (Å²) >= 11 is 0. The molecular weight excluding hydrogens is 442 g/mol. The van der Waals surface area contributed by atoms with Gasteiger partial charge in [-0.2, -0.15) is 0 Å². The summed E-state index contributed by atoms with van der Waals surface area (Å²) in [6.45, 7) is 26.2. The molecule has 34 heavy (non-hydrogen) atoms. The Bertz CT molecular complexity index is 993. The van der Waals surface area contributed by atoms with Crippen LogP contribution in [-0.2, 0) is 15.7 Å². The first-order chi connectivity index (χ1) is 15.7. The summed E-state index contributed by atoms with van der Waals surface area (Å²) in [6, 6.07) is 8.48. The summed E-state index contributed by atoms with van der Waals surface area (Å²) in [5, 5.41) is 1.35. The number of piperazine rings is 1. The largest absolute Gasteiger partial charge is 0.443 e. The maximum absolute atomic E-state index is 12.7. The van der Waals surface area contributed by atoms with E-state index in [0.717, 1.165) is 62.5 Å². The van der Waals surface area contributed by atoms with Crippen LogP contribution >= 0.6 is 0 Å². The fraction of sp³-hybridized carbons (Fsp3) is 0.667. The molecule has 2 heterocycles. The Labute approximate surface area is 207 Å². The SMILES string of the molecule is Cc1cc2cc(CN3CCN(CCO[Si](C)(C)C(C)(C)C)CC3)ccc2n1C(=O)OC(C)(C)C. The van der Waals surface area contributed by atoms with Gasteiger partial charge < -0.3 is 9.16 Å². The molecule has 0 unspecified atom stereocenters. The Morgan fingerprint density at radius 2 is 1.59 bits per heavy atom. The molecule has 7 heteroatoms. The summed E-state index contributed by atoms with van der Waals surface area (Å²) in [5.74, 6) is 0. The number of hydrogen-bond donors (Lipinski definition) is 0. The number of fused-ring (bicyclic) bond motifs is 1. The van der Waals surface area contributed by atoms with Gasteiger partial charge in [-0.1, -0.05) is 26.8 Å². The standard InChI is InChI=1S/C27H45N3O3Si/c1-21-18-23-19-22(10-11-24(23)30(21)25(31)33-26(2,3)4)20-29-14-12-28(13-15-29)16-17-32-34(8,9)27(5,6)7/h10-11,18-19H,12-17,20H2,1-9H3. The Balaban J connectivity index is 1.54. The molecular formula is C27H45N3O3Si. The molecule has 190 valence electrons. The van der Waals surface area contributed by atoms with Gasteiger partial charge in [-0.15, -0.1) is 0 Å². The van der Waals surface area contributed by atoms with Crippen LogP contribution in [0.5, 0.6) is 0 Å². The topological polar surface area (TPSA) is 46.9 Å². The molecule has 0 atom stereocenters. The minimum atomic E-state index is -1.67. The fourth-order valence-corrected chi connectivity index (χ4v) is 5.16. The fourth-order valence-electron chi connectivity index (χ4n) is 4.13. The van der Waals surface area contributed by atoms with Crippen molar-refractivity contribution in [1.29, 1.82) is 0 Å². The highest BCUT2D eigenvalue weighted by atomic mass is 28.4. The first-order valence-corrected chi connectivity index (χ1v) is 15.5. The second-order valence-corrected chi connectivity index (χ2v) is 17.0. The first kappa shape index (κ1) is 26.9. The van der Waals surface area contributed by atoms with Crippen LogP contribution in [-0.4, -0.2) is 73.7 Å². The lowest BCUT2D eigenvalue weighted by molar-refractivity contribution is 0.0541. The monoisotopic (exact) mass is 487 g/mol. The number of carbonyl (C=O) groups is 1. The second kappa shape index (κ2) is 10.1. The quantitative estimate of drug-likeness (QED) is 0.477. The Kier molecular flexibility index (Phi) is 8.02. The minimum absolute atomic E-state index is 0.263. The van der Waals surface area contributed by atoms with E-state index in [2.05, 4.69) is 67.9 Å². The van der Waals surface area contributed by atoms with E-state index in [1.165, 1.54) is 5.56 Å². The molecule has 1 aromatic carbocycles. The molecule has 2 aromatic rings. The van der Waals surface area contributed by atoms with Crippen molar-refractivity contribution in [3.63, 3.8) is 0 Å². The first-order valence-electron chi connectivity index (χ1n) is 12.6. The van der Waals surface area contributed by atoms with Crippen molar-refractivity contribution in [2.24, 2.45) is 0 Å². The van der Waals surface area contributed by atoms with Crippen molar-refractivity contribution in [3.8, 4) is 0 Å². The lowest BCUT2D eigenvalue weighted by atomic mass is 10.1. The maximum atomic E-state index is 12.7. The predicted octanol–water partition coefficient (Wildman–Crippen LogP) is 5.87. The van der Waals surface area contributed by atoms with Gasteiger partial charge in [0, 0.05) is 57.0 Å². The summed E-state index contributed by atoms with van der Waals surface area (Å²) in [7, 11) is -1.67. The van der Waals surface area contributed by atoms with Crippen LogP contribution in [0.25, 0.3) is 10.9 Å². The number of benzene rings is 1. The molecule has 0 aliphatic carbocycles. The van der Waals surface area contributed by atoms with E-state index in [9.17, 15) is 4.79 Å². The zero-order chi connectivity index (χ0) is 25.3. The summed E-state index contributed by atoms with van der Waals surface area (Å²) < 4.78 is 13.6. The molecule has 0 spiro atoms. The zero-order valence-electron chi connectivity index (χ0n) is 22.8. The van der Waals surface area contributed by atoms with Gasteiger partial charge in [0.1, 0.15) is 5.60 Å². The third-order valence-corrected chi connectivity index (χ3v) is 11.7. The molecule has 0 saturated carbocycles. The van der Waals surface area contributed by atoms with Gasteiger partial charge in [-0.25, -0.2) is 9.36 Å². The smallest absolute Gasteiger partial charge is 0.419 e. The van der Waals surface area contributed by atoms with Crippen LogP contribution in [0.3, 0.4) is 0 Å². The molecule has 1 aliphatic rings. The average Bonchev–Trinajstić information content (AvgIpc) is 3.02. The lowest BCUT2D eigenvalue weighted by Gasteiger charge is -2.38. The normalized spacial score (nSPS) is 16.9. The van der Waals surface area contributed by atoms with Gasteiger partial charge in [-0.05, 0) is 69.6 Å². The van der Waals surface area contributed by atoms with Crippen LogP contribution in [0.1, 0.15) is 52.8 Å². The number of hydrogen-bond acceptors (Lipinski definition) is 5. The molecule has 1 aromatic heterocycles. The van der Waals surface area contributed by atoms with Gasteiger partial charge in [0.2, 0.25) is 0 Å². The van der Waals surface area contributed by atoms with E-state index >= 15 is 0 Å². The maximum Gasteiger partial charge on any atom is 0.419 e. The number of nitrogens with zero attached hydrogens (tertiary/aromatic N) is 3. The number of ether oxygens (including phenoxy) is 1. The zero-order valence-corrected chi connectivity index (χ0v) is 23.8. The van der Waals surface area contributed by atoms with Crippen molar-refractivity contribution in [2.45, 2.75) is 78.7 Å². The Hall–Kier alpha value is -1.67. The number of rotatable bonds is 6. The van der Waals surface area contributed by atoms with Crippen molar-refractivity contribution >= 4 is 25.3 Å². The third-order valence-electron chi connectivity index (χ3n) is 7.17. The van der Waals surface area contributed by atoms with Crippen LogP contribution in [0.15, 0.2) is 24.3 Å². The highest BCUT2D eigenvalue weighted by Gasteiger charge is 2.37. The molecule has 0 radical (unpaired) electrons. The van der Waals surface area contributed by atoms with E-state index in [0.29, 0.717) is 0 Å². The van der Waals surface area contributed by atoms with Gasteiger partial charge in [0.15, 0.2) is 8.32 Å². The number of aryl methyl sites for hydroxylation is 1. The lowest BCUT2D eigenvalue weighted by Crippen LogP contribution is -2.48. The van der Waals surface area contributed by atoms with Crippen LogP contribution in [0, 0.1) is 6.92 Å². The molecule has 0 amide bonds. The third kappa shape index (κ3) is 6.71. The van der Waals surface area contributed by atoms with Crippen LogP contribution in [0.4, 0.5) is 4.79 Å². The Morgan fingerprint density at radius 3 is 2.18 bits per heavy atom. The summed E-state index contributed by atoms with van der Waals surface area (Å²) in [4.78, 5) is 17.7. The molecule has 1 saturated heterocycles. The van der Waals surface area contributed by atoms with E-state index in [-0.39, 0.29) is 11.1 Å². The van der Waals surface area contributed by atoms with Crippen molar-refractivity contribution < 1.29 is 14.0 Å². The number of aromatic nitrogens is 1. The van der Waals surface area contributed by atoms with Crippen molar-refractivity contribution in [2.75, 3.05) is 39.3 Å². The number of carbonyl (C=O) groups excluding carboxylic acids is 1. The summed E-state index contributed by atoms with van der Waals surface area (Å²) in [5.41, 5.74) is 2.57. The molecule has 3 rings (SSSR count). The Morgan fingerprint density at radius 1 is 0.971 bits per heavy atom. The predicted molar refractivity (Wildman–Crippen MR) is 143 cm³/mol. The van der Waals surface area contributed by atoms with E-state index in [1.54, 1.807) is 4.57 Å². The highest BCUT2D eigenvalue weighted by molar-refractivity contribution is 6.74. The highest BCUT2D eigenvalue weighted by Crippen LogP contribution is 2.36. The molecule has 0 bridgehead atoms. The van der Waals surface area contributed by atoms with Gasteiger partial charge in [-0.3, -0.25) is 9.80 Å². The molecule has 0 N–H and O–H groups in total. The minimum Gasteiger partial charge on any atom is -0.443 e. The van der Waals surface area contributed by atoms with Crippen molar-refractivity contribution in [1.82, 2.24) is 14.4 Å². The van der Waals surface area contributed by atoms with E-state index in [4.69, 9.17) is 9.16 Å².